The third kappa shape index (κ3) is 4.57. The molecule has 17 heavy (non-hydrogen) atoms. The first-order valence-electron chi connectivity index (χ1n) is 5.81. The maximum absolute atomic E-state index is 11.2. The van der Waals surface area contributed by atoms with E-state index in [1.54, 1.807) is 0 Å². The van der Waals surface area contributed by atoms with E-state index in [2.05, 4.69) is 5.43 Å². The highest BCUT2D eigenvalue weighted by molar-refractivity contribution is 5.80. The third-order valence-electron chi connectivity index (χ3n) is 2.84. The number of carbonyl (C=O) groups excluding carboxylic acids is 1. The number of amides is 1. The van der Waals surface area contributed by atoms with Gasteiger partial charge < -0.3 is 14.9 Å². The maximum Gasteiger partial charge on any atom is 0.263 e. The molecular weight excluding hydrogens is 226 g/mol. The van der Waals surface area contributed by atoms with E-state index in [9.17, 15) is 4.79 Å². The van der Waals surface area contributed by atoms with E-state index >= 15 is 0 Å². The standard InChI is InChI=1S/C10H21N3O4/c11-12-10(16)9-2-1-8(17-9)7-13(3-5-14)4-6-15/h8-9,14-15H,1-7,11H2,(H,12,16). The summed E-state index contributed by atoms with van der Waals surface area (Å²) in [5, 5.41) is 17.7. The Balaban J connectivity index is 2.34. The Morgan fingerprint density at radius 3 is 2.53 bits per heavy atom. The SMILES string of the molecule is NNC(=O)C1CCC(CN(CCO)CCO)O1. The number of aliphatic hydroxyl groups is 2. The molecule has 1 rings (SSSR count). The van der Waals surface area contributed by atoms with Gasteiger partial charge in [0.15, 0.2) is 0 Å². The number of hydrogen-bond acceptors (Lipinski definition) is 6. The topological polar surface area (TPSA) is 108 Å². The molecule has 2 unspecified atom stereocenters. The summed E-state index contributed by atoms with van der Waals surface area (Å²) in [7, 11) is 0. The molecule has 1 aliphatic heterocycles. The van der Waals surface area contributed by atoms with E-state index in [1.165, 1.54) is 0 Å². The molecule has 1 fully saturated rings. The number of nitrogens with two attached hydrogens (primary N) is 1. The van der Waals surface area contributed by atoms with Crippen molar-refractivity contribution in [3.63, 3.8) is 0 Å². The highest BCUT2D eigenvalue weighted by Crippen LogP contribution is 2.20. The predicted molar refractivity (Wildman–Crippen MR) is 60.8 cm³/mol. The van der Waals surface area contributed by atoms with Crippen LogP contribution in [0.3, 0.4) is 0 Å². The van der Waals surface area contributed by atoms with E-state index < -0.39 is 6.10 Å². The average Bonchev–Trinajstić information content (AvgIpc) is 2.77. The molecule has 2 atom stereocenters. The number of rotatable bonds is 7. The minimum absolute atomic E-state index is 0.0411. The number of hydrazine groups is 1. The molecule has 1 aliphatic rings. The van der Waals surface area contributed by atoms with Crippen molar-refractivity contribution in [2.45, 2.75) is 25.0 Å². The van der Waals surface area contributed by atoms with Gasteiger partial charge in [0.05, 0.1) is 19.3 Å². The van der Waals surface area contributed by atoms with Crippen LogP contribution in [-0.4, -0.2) is 66.1 Å². The molecule has 1 saturated heterocycles. The van der Waals surface area contributed by atoms with E-state index in [0.717, 1.165) is 6.42 Å². The highest BCUT2D eigenvalue weighted by atomic mass is 16.5. The maximum atomic E-state index is 11.2. The summed E-state index contributed by atoms with van der Waals surface area (Å²) in [4.78, 5) is 13.2. The van der Waals surface area contributed by atoms with Crippen LogP contribution in [0.15, 0.2) is 0 Å². The van der Waals surface area contributed by atoms with E-state index in [0.29, 0.717) is 26.1 Å². The average molecular weight is 247 g/mol. The molecule has 0 spiro atoms. The molecule has 0 aliphatic carbocycles. The van der Waals surface area contributed by atoms with E-state index in [1.807, 2.05) is 4.90 Å². The molecule has 5 N–H and O–H groups in total. The summed E-state index contributed by atoms with van der Waals surface area (Å²) in [5.41, 5.74) is 2.07. The summed E-state index contributed by atoms with van der Waals surface area (Å²) in [6, 6.07) is 0. The van der Waals surface area contributed by atoms with Gasteiger partial charge in [0.25, 0.3) is 5.91 Å². The Kier molecular flexibility index (Phi) is 6.38. The fourth-order valence-corrected chi connectivity index (χ4v) is 1.99. The number of ether oxygens (including phenoxy) is 1. The molecule has 7 heteroatoms. The Labute approximate surface area is 101 Å². The van der Waals surface area contributed by atoms with Gasteiger partial charge in [0.1, 0.15) is 6.10 Å². The van der Waals surface area contributed by atoms with Crippen LogP contribution in [0.1, 0.15) is 12.8 Å². The van der Waals surface area contributed by atoms with Gasteiger partial charge in [-0.1, -0.05) is 0 Å². The lowest BCUT2D eigenvalue weighted by Gasteiger charge is -2.23. The number of aliphatic hydroxyl groups excluding tert-OH is 2. The van der Waals surface area contributed by atoms with Crippen molar-refractivity contribution in [2.75, 3.05) is 32.8 Å². The Bertz CT molecular complexity index is 234. The van der Waals surface area contributed by atoms with Crippen LogP contribution in [0.4, 0.5) is 0 Å². The highest BCUT2D eigenvalue weighted by Gasteiger charge is 2.31. The summed E-state index contributed by atoms with van der Waals surface area (Å²) < 4.78 is 5.54. The number of carbonyl (C=O) groups is 1. The monoisotopic (exact) mass is 247 g/mol. The third-order valence-corrected chi connectivity index (χ3v) is 2.84. The molecule has 0 aromatic carbocycles. The van der Waals surface area contributed by atoms with Crippen LogP contribution in [-0.2, 0) is 9.53 Å². The first-order chi connectivity index (χ1) is 8.21. The largest absolute Gasteiger partial charge is 0.395 e. The van der Waals surface area contributed by atoms with Crippen molar-refractivity contribution >= 4 is 5.91 Å². The van der Waals surface area contributed by atoms with Crippen molar-refractivity contribution in [1.29, 1.82) is 0 Å². The first kappa shape index (κ1) is 14.3. The van der Waals surface area contributed by atoms with E-state index in [-0.39, 0.29) is 25.2 Å². The second-order valence-electron chi connectivity index (χ2n) is 4.08. The first-order valence-corrected chi connectivity index (χ1v) is 5.81. The minimum Gasteiger partial charge on any atom is -0.395 e. The Morgan fingerprint density at radius 1 is 1.35 bits per heavy atom. The zero-order valence-electron chi connectivity index (χ0n) is 9.84. The lowest BCUT2D eigenvalue weighted by molar-refractivity contribution is -0.132. The smallest absolute Gasteiger partial charge is 0.263 e. The van der Waals surface area contributed by atoms with Crippen molar-refractivity contribution in [2.24, 2.45) is 5.84 Å². The fourth-order valence-electron chi connectivity index (χ4n) is 1.99. The zero-order chi connectivity index (χ0) is 12.7. The van der Waals surface area contributed by atoms with Gasteiger partial charge in [0, 0.05) is 19.6 Å². The number of hydrogen-bond donors (Lipinski definition) is 4. The van der Waals surface area contributed by atoms with Crippen LogP contribution in [0.25, 0.3) is 0 Å². The predicted octanol–water partition coefficient (Wildman–Crippen LogP) is -2.19. The van der Waals surface area contributed by atoms with Gasteiger partial charge in [-0.2, -0.15) is 0 Å². The summed E-state index contributed by atoms with van der Waals surface area (Å²) >= 11 is 0. The molecule has 0 saturated carbocycles. The Hall–Kier alpha value is -0.730. The lowest BCUT2D eigenvalue weighted by Crippen LogP contribution is -2.41. The van der Waals surface area contributed by atoms with Gasteiger partial charge in [-0.3, -0.25) is 15.1 Å². The molecule has 0 radical (unpaired) electrons. The molecule has 0 aromatic heterocycles. The van der Waals surface area contributed by atoms with Gasteiger partial charge in [-0.25, -0.2) is 5.84 Å². The van der Waals surface area contributed by atoms with Crippen molar-refractivity contribution in [3.8, 4) is 0 Å². The molecular formula is C10H21N3O4. The molecule has 100 valence electrons. The van der Waals surface area contributed by atoms with Gasteiger partial charge >= 0.3 is 0 Å². The molecule has 0 aromatic rings. The van der Waals surface area contributed by atoms with Crippen molar-refractivity contribution in [3.05, 3.63) is 0 Å². The number of nitrogens with zero attached hydrogens (tertiary/aromatic N) is 1. The van der Waals surface area contributed by atoms with Gasteiger partial charge in [-0.15, -0.1) is 0 Å². The zero-order valence-corrected chi connectivity index (χ0v) is 9.84. The fraction of sp³-hybridized carbons (Fsp3) is 0.900. The molecule has 0 bridgehead atoms. The minimum atomic E-state index is -0.477. The van der Waals surface area contributed by atoms with Crippen LogP contribution in [0.5, 0.6) is 0 Å². The normalized spacial score (nSPS) is 24.2. The van der Waals surface area contributed by atoms with Gasteiger partial charge in [0.2, 0.25) is 0 Å². The second-order valence-corrected chi connectivity index (χ2v) is 4.08. The number of nitrogens with one attached hydrogen (secondary N) is 1. The Morgan fingerprint density at radius 2 is 2.00 bits per heavy atom. The van der Waals surface area contributed by atoms with Crippen LogP contribution >= 0.6 is 0 Å². The second kappa shape index (κ2) is 7.57. The van der Waals surface area contributed by atoms with Crippen molar-refractivity contribution < 1.29 is 19.7 Å². The summed E-state index contributed by atoms with van der Waals surface area (Å²) in [6.45, 7) is 1.68. The molecule has 1 heterocycles. The van der Waals surface area contributed by atoms with Crippen LogP contribution in [0, 0.1) is 0 Å². The van der Waals surface area contributed by atoms with E-state index in [4.69, 9.17) is 20.8 Å². The lowest BCUT2D eigenvalue weighted by atomic mass is 10.2. The van der Waals surface area contributed by atoms with Gasteiger partial charge in [-0.05, 0) is 12.8 Å². The molecule has 7 nitrogen and oxygen atoms in total. The molecule has 1 amide bonds. The summed E-state index contributed by atoms with van der Waals surface area (Å²) in [6.07, 6.45) is 0.913. The van der Waals surface area contributed by atoms with Crippen LogP contribution in [0.2, 0.25) is 0 Å². The van der Waals surface area contributed by atoms with Crippen molar-refractivity contribution in [1.82, 2.24) is 10.3 Å². The van der Waals surface area contributed by atoms with Crippen LogP contribution < -0.4 is 11.3 Å². The quantitative estimate of drug-likeness (QED) is 0.231. The summed E-state index contributed by atoms with van der Waals surface area (Å²) in [5.74, 6) is 4.74.